The molecule has 28 heavy (non-hydrogen) atoms. The molecule has 1 amide bonds. The van der Waals surface area contributed by atoms with Crippen molar-refractivity contribution in [3.8, 4) is 0 Å². The van der Waals surface area contributed by atoms with Gasteiger partial charge in [-0.1, -0.05) is 38.0 Å². The molecular formula is C24H31N3O. The monoisotopic (exact) mass is 377 g/mol. The summed E-state index contributed by atoms with van der Waals surface area (Å²) in [7, 11) is 1.94. The van der Waals surface area contributed by atoms with Gasteiger partial charge in [0.2, 0.25) is 5.91 Å². The summed E-state index contributed by atoms with van der Waals surface area (Å²) in [5.41, 5.74) is 4.76. The van der Waals surface area contributed by atoms with E-state index in [1.165, 1.54) is 17.7 Å². The van der Waals surface area contributed by atoms with Crippen LogP contribution in [-0.2, 0) is 4.79 Å². The number of hydrogen-bond acceptors (Lipinski definition) is 2. The maximum absolute atomic E-state index is 12.5. The molecular weight excluding hydrogens is 346 g/mol. The second-order valence-corrected chi connectivity index (χ2v) is 10.00. The predicted octanol–water partition coefficient (Wildman–Crippen LogP) is 4.68. The van der Waals surface area contributed by atoms with Crippen LogP contribution in [0.25, 0.3) is 5.70 Å². The van der Waals surface area contributed by atoms with Crippen molar-refractivity contribution in [1.29, 1.82) is 0 Å². The lowest BCUT2D eigenvalue weighted by Crippen LogP contribution is -2.53. The van der Waals surface area contributed by atoms with Crippen molar-refractivity contribution in [1.82, 2.24) is 14.5 Å². The van der Waals surface area contributed by atoms with Crippen molar-refractivity contribution in [3.63, 3.8) is 0 Å². The van der Waals surface area contributed by atoms with E-state index in [4.69, 9.17) is 0 Å². The lowest BCUT2D eigenvalue weighted by molar-refractivity contribution is -0.124. The SMILES string of the molecule is CN1CC[C@@]2(C)C(=CC1=O)CC[C@H]1C3=CC=C(n4ccnc4)[C@@]3(C)CC[C@@]12C. The minimum atomic E-state index is 0.0935. The lowest BCUT2D eigenvalue weighted by atomic mass is 9.42. The van der Waals surface area contributed by atoms with Gasteiger partial charge in [-0.2, -0.15) is 0 Å². The number of carbonyl (C=O) groups excluding carboxylic acids is 1. The average Bonchev–Trinajstić information content (AvgIpc) is 3.28. The van der Waals surface area contributed by atoms with Gasteiger partial charge in [0.25, 0.3) is 0 Å². The van der Waals surface area contributed by atoms with Gasteiger partial charge in [0.05, 0.1) is 6.33 Å². The smallest absolute Gasteiger partial charge is 0.246 e. The molecule has 4 heteroatoms. The zero-order valence-electron chi connectivity index (χ0n) is 17.5. The molecule has 1 aromatic rings. The van der Waals surface area contributed by atoms with Crippen molar-refractivity contribution < 1.29 is 4.79 Å². The van der Waals surface area contributed by atoms with Crippen molar-refractivity contribution in [2.45, 2.75) is 52.9 Å². The van der Waals surface area contributed by atoms with Crippen molar-refractivity contribution in [3.05, 3.63) is 48.1 Å². The number of imidazole rings is 1. The Morgan fingerprint density at radius 1 is 1.14 bits per heavy atom. The van der Waals surface area contributed by atoms with E-state index >= 15 is 0 Å². The van der Waals surface area contributed by atoms with Crippen LogP contribution in [0, 0.1) is 22.2 Å². The van der Waals surface area contributed by atoms with Gasteiger partial charge in [-0.3, -0.25) is 4.79 Å². The molecule has 0 saturated heterocycles. The van der Waals surface area contributed by atoms with Crippen LogP contribution in [0.5, 0.6) is 0 Å². The van der Waals surface area contributed by atoms with E-state index in [9.17, 15) is 4.79 Å². The topological polar surface area (TPSA) is 38.1 Å². The number of rotatable bonds is 1. The number of allylic oxidation sites excluding steroid dienone is 5. The van der Waals surface area contributed by atoms with Crippen LogP contribution in [-0.4, -0.2) is 34.0 Å². The number of carbonyl (C=O) groups is 1. The molecule has 4 aliphatic rings. The Hall–Kier alpha value is -2.10. The maximum atomic E-state index is 12.5. The first-order chi connectivity index (χ1) is 13.3. The summed E-state index contributed by atoms with van der Waals surface area (Å²) in [6, 6.07) is 0. The maximum Gasteiger partial charge on any atom is 0.246 e. The Kier molecular flexibility index (Phi) is 3.66. The third-order valence-corrected chi connectivity index (χ3v) is 8.99. The molecule has 2 saturated carbocycles. The third-order valence-electron chi connectivity index (χ3n) is 8.99. The van der Waals surface area contributed by atoms with Gasteiger partial charge in [-0.25, -0.2) is 4.98 Å². The highest BCUT2D eigenvalue weighted by Crippen LogP contribution is 2.69. The molecule has 148 valence electrons. The highest BCUT2D eigenvalue weighted by atomic mass is 16.2. The van der Waals surface area contributed by atoms with E-state index < -0.39 is 0 Å². The van der Waals surface area contributed by atoms with E-state index in [0.717, 1.165) is 32.2 Å². The van der Waals surface area contributed by atoms with E-state index in [2.05, 4.69) is 48.7 Å². The zero-order chi connectivity index (χ0) is 19.7. The Balaban J connectivity index is 1.55. The van der Waals surface area contributed by atoms with Gasteiger partial charge in [0, 0.05) is 43.2 Å². The second-order valence-electron chi connectivity index (χ2n) is 10.00. The third kappa shape index (κ3) is 2.12. The van der Waals surface area contributed by atoms with Crippen LogP contribution in [0.3, 0.4) is 0 Å². The minimum absolute atomic E-state index is 0.0935. The van der Waals surface area contributed by atoms with Gasteiger partial charge in [-0.05, 0) is 54.9 Å². The second kappa shape index (κ2) is 5.71. The molecule has 1 aliphatic heterocycles. The highest BCUT2D eigenvalue weighted by molar-refractivity contribution is 5.88. The predicted molar refractivity (Wildman–Crippen MR) is 111 cm³/mol. The van der Waals surface area contributed by atoms with Crippen LogP contribution in [0.2, 0.25) is 0 Å². The fourth-order valence-electron chi connectivity index (χ4n) is 6.77. The number of hydrogen-bond donors (Lipinski definition) is 0. The van der Waals surface area contributed by atoms with Crippen LogP contribution in [0.15, 0.2) is 48.1 Å². The van der Waals surface area contributed by atoms with Gasteiger partial charge < -0.3 is 9.47 Å². The van der Waals surface area contributed by atoms with Gasteiger partial charge in [0.15, 0.2) is 0 Å². The van der Waals surface area contributed by atoms with E-state index in [1.807, 2.05) is 30.5 Å². The summed E-state index contributed by atoms with van der Waals surface area (Å²) in [4.78, 5) is 18.7. The first kappa shape index (κ1) is 18.0. The highest BCUT2D eigenvalue weighted by Gasteiger charge is 2.60. The first-order valence-electron chi connectivity index (χ1n) is 10.7. The Labute approximate surface area is 168 Å². The van der Waals surface area contributed by atoms with Crippen LogP contribution < -0.4 is 0 Å². The molecule has 0 bridgehead atoms. The van der Waals surface area contributed by atoms with Gasteiger partial charge in [-0.15, -0.1) is 0 Å². The fraction of sp³-hybridized carbons (Fsp3) is 0.583. The molecule has 0 unspecified atom stereocenters. The van der Waals surface area contributed by atoms with Gasteiger partial charge in [0.1, 0.15) is 0 Å². The zero-order valence-corrected chi connectivity index (χ0v) is 17.5. The molecule has 0 radical (unpaired) electrons. The largest absolute Gasteiger partial charge is 0.342 e. The van der Waals surface area contributed by atoms with Crippen LogP contribution >= 0.6 is 0 Å². The summed E-state index contributed by atoms with van der Waals surface area (Å²) >= 11 is 0. The van der Waals surface area contributed by atoms with Crippen LogP contribution in [0.4, 0.5) is 0 Å². The lowest BCUT2D eigenvalue weighted by Gasteiger charge is -2.61. The van der Waals surface area contributed by atoms with Gasteiger partial charge >= 0.3 is 0 Å². The van der Waals surface area contributed by atoms with E-state index in [0.29, 0.717) is 5.92 Å². The molecule has 2 fully saturated rings. The number of amides is 1. The van der Waals surface area contributed by atoms with Crippen LogP contribution in [0.1, 0.15) is 52.9 Å². The molecule has 1 aromatic heterocycles. The molecule has 2 heterocycles. The molecule has 4 nitrogen and oxygen atoms in total. The minimum Gasteiger partial charge on any atom is -0.342 e. The number of fused-ring (bicyclic) bond motifs is 5. The molecule has 5 rings (SSSR count). The quantitative estimate of drug-likeness (QED) is 0.713. The Morgan fingerprint density at radius 3 is 2.71 bits per heavy atom. The van der Waals surface area contributed by atoms with Crippen molar-refractivity contribution in [2.75, 3.05) is 13.6 Å². The number of likely N-dealkylation sites (N-methyl/N-ethyl adjacent to an activating group) is 1. The molecule has 0 spiro atoms. The van der Waals surface area contributed by atoms with Crippen molar-refractivity contribution in [2.24, 2.45) is 22.2 Å². The molecule has 0 aromatic carbocycles. The summed E-state index contributed by atoms with van der Waals surface area (Å²) < 4.78 is 2.20. The molecule has 3 aliphatic carbocycles. The Morgan fingerprint density at radius 2 is 1.96 bits per heavy atom. The first-order valence-corrected chi connectivity index (χ1v) is 10.7. The number of nitrogens with zero attached hydrogens (tertiary/aromatic N) is 3. The Bertz CT molecular complexity index is 924. The summed E-state index contributed by atoms with van der Waals surface area (Å²) in [6.45, 7) is 8.23. The summed E-state index contributed by atoms with van der Waals surface area (Å²) in [5, 5.41) is 0. The summed E-state index contributed by atoms with van der Waals surface area (Å²) in [6.07, 6.45) is 18.2. The van der Waals surface area contributed by atoms with Crippen molar-refractivity contribution >= 4 is 11.6 Å². The fourth-order valence-corrected chi connectivity index (χ4v) is 6.77. The normalized spacial score (nSPS) is 40.0. The molecule has 0 N–H and O–H groups in total. The number of aromatic nitrogens is 2. The van der Waals surface area contributed by atoms with E-state index in [-0.39, 0.29) is 22.2 Å². The standard InChI is InChI=1S/C24H31N3O/c1-22-9-10-24(3)19(18(22)7-8-20(22)27-14-12-25-16-27)6-5-17-15-21(28)26(4)13-11-23(17,24)2/h7-8,12,14-16,19H,5-6,9-11,13H2,1-4H3/t19-,22-,23-,24-/m0/s1. The summed E-state index contributed by atoms with van der Waals surface area (Å²) in [5.74, 6) is 0.759. The average molecular weight is 378 g/mol. The molecule has 4 atom stereocenters. The van der Waals surface area contributed by atoms with E-state index in [1.54, 1.807) is 5.57 Å².